The number of phosphoric acid groups is 1. The molecule has 0 radical (unpaired) electrons. The van der Waals surface area contributed by atoms with Gasteiger partial charge >= 0.3 is 19.8 Å². The van der Waals surface area contributed by atoms with Gasteiger partial charge in [-0.2, -0.15) is 0 Å². The molecular weight excluding hydrogens is 1240 g/mol. The van der Waals surface area contributed by atoms with Crippen molar-refractivity contribution in [3.63, 3.8) is 0 Å². The lowest BCUT2D eigenvalue weighted by atomic mass is 10.0. The second kappa shape index (κ2) is 82.8. The van der Waals surface area contributed by atoms with Crippen molar-refractivity contribution < 1.29 is 37.6 Å². The zero-order chi connectivity index (χ0) is 71.5. The molecule has 0 aliphatic heterocycles. The minimum atomic E-state index is -4.40. The lowest BCUT2D eigenvalue weighted by Crippen LogP contribution is -2.29. The minimum absolute atomic E-state index is 0.0497. The highest BCUT2D eigenvalue weighted by Gasteiger charge is 2.26. The van der Waals surface area contributed by atoms with Gasteiger partial charge in [0, 0.05) is 19.4 Å². The molecule has 0 fully saturated rings. The molecule has 2 unspecified atom stereocenters. The monoisotopic (exact) mass is 1400 g/mol. The average Bonchev–Trinajstić information content (AvgIpc) is 1.19. The van der Waals surface area contributed by atoms with Crippen LogP contribution >= 0.6 is 7.82 Å². The van der Waals surface area contributed by atoms with Gasteiger partial charge in [0.05, 0.1) is 13.2 Å². The van der Waals surface area contributed by atoms with E-state index in [9.17, 15) is 19.0 Å². The maximum Gasteiger partial charge on any atom is 0.472 e. The van der Waals surface area contributed by atoms with Crippen molar-refractivity contribution in [3.8, 4) is 0 Å². The number of unbranched alkanes of at least 4 members (excludes halogenated alkanes) is 40. The fourth-order valence-electron chi connectivity index (χ4n) is 11.6. The summed E-state index contributed by atoms with van der Waals surface area (Å²) < 4.78 is 33.3. The van der Waals surface area contributed by atoms with Gasteiger partial charge in [-0.25, -0.2) is 4.57 Å². The number of carbonyl (C=O) groups excluding carboxylic acids is 2. The molecule has 568 valence electrons. The second-order valence-electron chi connectivity index (χ2n) is 27.3. The number of carbonyl (C=O) groups is 2. The molecule has 0 aromatic rings. The van der Waals surface area contributed by atoms with Gasteiger partial charge in [0.15, 0.2) is 6.10 Å². The Morgan fingerprint density at radius 1 is 0.313 bits per heavy atom. The Hall–Kier alpha value is -4.11. The molecule has 0 aromatic carbocycles. The van der Waals surface area contributed by atoms with Crippen LogP contribution < -0.4 is 5.73 Å². The maximum atomic E-state index is 12.8. The molecule has 0 aliphatic rings. The zero-order valence-electron chi connectivity index (χ0n) is 64.2. The summed E-state index contributed by atoms with van der Waals surface area (Å²) in [4.78, 5) is 35.5. The van der Waals surface area contributed by atoms with Gasteiger partial charge in [0.25, 0.3) is 0 Å². The third kappa shape index (κ3) is 82.7. The van der Waals surface area contributed by atoms with Crippen LogP contribution in [0.25, 0.3) is 0 Å². The van der Waals surface area contributed by atoms with Crippen LogP contribution in [0, 0.1) is 0 Å². The highest BCUT2D eigenvalue weighted by Crippen LogP contribution is 2.43. The van der Waals surface area contributed by atoms with Gasteiger partial charge in [-0.1, -0.05) is 384 Å². The standard InChI is InChI=1S/C89H154NO8P/c1-3-5-7-9-11-13-15-17-19-21-23-25-27-29-31-33-35-37-39-41-42-43-44-46-48-50-52-54-56-58-60-62-64-66-68-70-72-74-76-78-80-82-89(92)98-87(86-97-99(93,94)96-84-83-90)85-95-88(91)81-79-77-75-73-71-69-67-65-63-61-59-57-55-53-51-49-47-45-40-38-36-34-32-30-28-26-24-22-20-18-16-14-12-10-8-6-4-2/h5,7,11,13,16-19,22-25,28-31,35,37,41-42,44,46,50,52,87H,3-4,6,8-10,12,14-15,20-21,26-27,32-34,36,38-40,43,45,47-49,51,53-86,90H2,1-2H3,(H,93,94)/b7-5-,13-11-,18-16-,19-17-,24-22-,25-23-,30-28-,31-29-,37-35-,42-41-,46-44-,52-50-. The van der Waals surface area contributed by atoms with Crippen LogP contribution in [0.2, 0.25) is 0 Å². The van der Waals surface area contributed by atoms with Crippen molar-refractivity contribution in [2.24, 2.45) is 5.73 Å². The van der Waals surface area contributed by atoms with Crippen molar-refractivity contribution in [1.82, 2.24) is 0 Å². The van der Waals surface area contributed by atoms with Crippen LogP contribution in [0.1, 0.15) is 373 Å². The van der Waals surface area contributed by atoms with Crippen LogP contribution in [0.5, 0.6) is 0 Å². The summed E-state index contributed by atoms with van der Waals surface area (Å²) >= 11 is 0. The van der Waals surface area contributed by atoms with E-state index < -0.39 is 26.5 Å². The molecule has 0 bridgehead atoms. The number of allylic oxidation sites excluding steroid dienone is 24. The first-order valence-corrected chi connectivity index (χ1v) is 42.8. The SMILES string of the molecule is CC/C=C\C/C=C\C/C=C\C/C=C\C/C=C\C/C=C\C/C=C\C/C=C\C/C=C\CCCCCCCCCCCCCCCC(=O)OC(COC(=O)CCCCCCCCCCCCCCCCCCCCCCCC/C=C\C/C=C\C/C=C\CCCCCCC)COP(=O)(O)OCCN. The van der Waals surface area contributed by atoms with Crippen LogP contribution in [-0.4, -0.2) is 49.3 Å². The molecule has 0 aliphatic carbocycles. The smallest absolute Gasteiger partial charge is 0.462 e. The number of phosphoric ester groups is 1. The summed E-state index contributed by atoms with van der Waals surface area (Å²) in [7, 11) is -4.40. The first-order chi connectivity index (χ1) is 48.8. The van der Waals surface area contributed by atoms with Crippen molar-refractivity contribution >= 4 is 19.8 Å². The van der Waals surface area contributed by atoms with Crippen LogP contribution in [-0.2, 0) is 32.7 Å². The Morgan fingerprint density at radius 2 is 0.556 bits per heavy atom. The molecule has 0 heterocycles. The third-order valence-corrected chi connectivity index (χ3v) is 18.7. The van der Waals surface area contributed by atoms with Crippen molar-refractivity contribution in [2.75, 3.05) is 26.4 Å². The third-order valence-electron chi connectivity index (χ3n) is 17.7. The number of ether oxygens (including phenoxy) is 2. The first-order valence-electron chi connectivity index (χ1n) is 41.3. The minimum Gasteiger partial charge on any atom is -0.462 e. The predicted octanol–water partition coefficient (Wildman–Crippen LogP) is 28.1. The molecule has 0 amide bonds. The molecule has 3 N–H and O–H groups in total. The highest BCUT2D eigenvalue weighted by molar-refractivity contribution is 7.47. The summed E-state index contributed by atoms with van der Waals surface area (Å²) in [6.07, 6.45) is 120. The Morgan fingerprint density at radius 3 is 0.828 bits per heavy atom. The number of rotatable bonds is 77. The summed E-state index contributed by atoms with van der Waals surface area (Å²) in [5.41, 5.74) is 5.42. The summed E-state index contributed by atoms with van der Waals surface area (Å²) in [5.74, 6) is -0.820. The molecule has 9 nitrogen and oxygen atoms in total. The lowest BCUT2D eigenvalue weighted by molar-refractivity contribution is -0.161. The largest absolute Gasteiger partial charge is 0.472 e. The van der Waals surface area contributed by atoms with E-state index in [-0.39, 0.29) is 38.6 Å². The Labute approximate surface area is 611 Å². The van der Waals surface area contributed by atoms with E-state index in [1.54, 1.807) is 0 Å². The van der Waals surface area contributed by atoms with E-state index in [0.717, 1.165) is 109 Å². The average molecular weight is 1400 g/mol. The fraction of sp³-hybridized carbons (Fsp3) is 0.708. The predicted molar refractivity (Wildman–Crippen MR) is 431 cm³/mol. The van der Waals surface area contributed by atoms with E-state index in [0.29, 0.717) is 6.42 Å². The fourth-order valence-corrected chi connectivity index (χ4v) is 12.4. The normalized spacial score (nSPS) is 13.6. The summed E-state index contributed by atoms with van der Waals surface area (Å²) in [6.45, 7) is 3.65. The van der Waals surface area contributed by atoms with Gasteiger partial charge in [-0.15, -0.1) is 0 Å². The van der Waals surface area contributed by atoms with Gasteiger partial charge in [0.1, 0.15) is 6.61 Å². The highest BCUT2D eigenvalue weighted by atomic mass is 31.2. The zero-order valence-corrected chi connectivity index (χ0v) is 65.1. The van der Waals surface area contributed by atoms with Crippen molar-refractivity contribution in [2.45, 2.75) is 380 Å². The molecule has 0 saturated heterocycles. The van der Waals surface area contributed by atoms with E-state index in [1.165, 1.54) is 231 Å². The molecule has 0 spiro atoms. The van der Waals surface area contributed by atoms with E-state index in [1.807, 2.05) is 0 Å². The molecule has 0 rings (SSSR count). The molecule has 0 aromatic heterocycles. The second-order valence-corrected chi connectivity index (χ2v) is 28.7. The van der Waals surface area contributed by atoms with Crippen LogP contribution in [0.3, 0.4) is 0 Å². The van der Waals surface area contributed by atoms with Crippen LogP contribution in [0.4, 0.5) is 0 Å². The molecule has 10 heteroatoms. The van der Waals surface area contributed by atoms with Gasteiger partial charge in [0.2, 0.25) is 0 Å². The Kier molecular flexibility index (Phi) is 79.4. The molecule has 0 saturated carbocycles. The van der Waals surface area contributed by atoms with Crippen LogP contribution in [0.15, 0.2) is 146 Å². The van der Waals surface area contributed by atoms with E-state index in [4.69, 9.17) is 24.3 Å². The number of nitrogens with two attached hydrogens (primary N) is 1. The molecule has 99 heavy (non-hydrogen) atoms. The molecular formula is C89H154NO8P. The van der Waals surface area contributed by atoms with Gasteiger partial charge in [-0.3, -0.25) is 18.6 Å². The number of hydrogen-bond donors (Lipinski definition) is 2. The molecule has 2 atom stereocenters. The first kappa shape index (κ1) is 94.9. The van der Waals surface area contributed by atoms with Crippen molar-refractivity contribution in [1.29, 1.82) is 0 Å². The van der Waals surface area contributed by atoms with Crippen molar-refractivity contribution in [3.05, 3.63) is 146 Å². The summed E-state index contributed by atoms with van der Waals surface area (Å²) in [6, 6.07) is 0. The number of esters is 2. The lowest BCUT2D eigenvalue weighted by Gasteiger charge is -2.19. The maximum absolute atomic E-state index is 12.8. The summed E-state index contributed by atoms with van der Waals surface area (Å²) in [5, 5.41) is 0. The van der Waals surface area contributed by atoms with E-state index >= 15 is 0 Å². The quantitative estimate of drug-likeness (QED) is 0.0264. The Bertz CT molecular complexity index is 2150. The van der Waals surface area contributed by atoms with E-state index in [2.05, 4.69) is 160 Å². The Balaban J connectivity index is 3.83. The topological polar surface area (TPSA) is 134 Å². The van der Waals surface area contributed by atoms with Gasteiger partial charge in [-0.05, 0) is 122 Å². The number of hydrogen-bond acceptors (Lipinski definition) is 8. The van der Waals surface area contributed by atoms with Gasteiger partial charge < -0.3 is 20.1 Å².